The number of benzene rings is 2. The third kappa shape index (κ3) is 3.92. The smallest absolute Gasteiger partial charge is 0.238 e. The fraction of sp³-hybridized carbons (Fsp3) is 0.320. The first-order valence-electron chi connectivity index (χ1n) is 10.3. The van der Waals surface area contributed by atoms with Crippen molar-refractivity contribution in [2.75, 3.05) is 0 Å². The van der Waals surface area contributed by atoms with E-state index < -0.39 is 0 Å². The van der Waals surface area contributed by atoms with Crippen LogP contribution in [0.4, 0.5) is 0 Å². The molecule has 0 fully saturated rings. The van der Waals surface area contributed by atoms with Gasteiger partial charge >= 0.3 is 0 Å². The van der Waals surface area contributed by atoms with E-state index in [1.165, 1.54) is 0 Å². The quantitative estimate of drug-likeness (QED) is 0.584. The number of aliphatic hydroxyl groups is 1. The van der Waals surface area contributed by atoms with Gasteiger partial charge in [-0.15, -0.1) is 0 Å². The highest BCUT2D eigenvalue weighted by molar-refractivity contribution is 6.22. The molecule has 3 aromatic rings. The molecule has 1 aromatic heterocycles. The summed E-state index contributed by atoms with van der Waals surface area (Å²) in [7, 11) is 0. The number of rotatable bonds is 4. The van der Waals surface area contributed by atoms with Crippen LogP contribution in [0.2, 0.25) is 0 Å². The molecule has 1 aliphatic rings. The monoisotopic (exact) mass is 402 g/mol. The molecule has 0 amide bonds. The van der Waals surface area contributed by atoms with Crippen molar-refractivity contribution in [1.82, 2.24) is 9.97 Å². The van der Waals surface area contributed by atoms with Gasteiger partial charge in [-0.2, -0.15) is 0 Å². The second-order valence-corrected chi connectivity index (χ2v) is 8.74. The Morgan fingerprint density at radius 1 is 1.10 bits per heavy atom. The zero-order valence-electron chi connectivity index (χ0n) is 17.8. The van der Waals surface area contributed by atoms with E-state index >= 15 is 0 Å². The molecule has 1 aliphatic carbocycles. The van der Waals surface area contributed by atoms with Crippen molar-refractivity contribution >= 4 is 22.4 Å². The van der Waals surface area contributed by atoms with Crippen LogP contribution in [-0.4, -0.2) is 20.9 Å². The zero-order chi connectivity index (χ0) is 21.5. The second-order valence-electron chi connectivity index (χ2n) is 8.74. The Balaban J connectivity index is 1.71. The van der Waals surface area contributed by atoms with Crippen LogP contribution < -0.4 is 4.74 Å². The van der Waals surface area contributed by atoms with Gasteiger partial charge in [0.15, 0.2) is 5.78 Å². The lowest BCUT2D eigenvalue weighted by atomic mass is 9.74. The van der Waals surface area contributed by atoms with Gasteiger partial charge in [0, 0.05) is 12.8 Å². The van der Waals surface area contributed by atoms with Crippen molar-refractivity contribution in [2.24, 2.45) is 5.41 Å². The summed E-state index contributed by atoms with van der Waals surface area (Å²) in [6.45, 7) is 8.04. The van der Waals surface area contributed by atoms with Crippen LogP contribution in [0.1, 0.15) is 50.3 Å². The number of carbonyl (C=O) groups excluding carboxylic acids is 1. The Bertz CT molecular complexity index is 1180. The van der Waals surface area contributed by atoms with Gasteiger partial charge in [0.05, 0.1) is 22.8 Å². The summed E-state index contributed by atoms with van der Waals surface area (Å²) < 4.78 is 5.97. The van der Waals surface area contributed by atoms with E-state index in [1.54, 1.807) is 6.20 Å². The van der Waals surface area contributed by atoms with E-state index in [9.17, 15) is 9.90 Å². The van der Waals surface area contributed by atoms with Crippen LogP contribution in [0.15, 0.2) is 48.4 Å². The van der Waals surface area contributed by atoms with E-state index in [2.05, 4.69) is 9.97 Å². The number of nitrogens with zero attached hydrogens (tertiary/aromatic N) is 2. The van der Waals surface area contributed by atoms with Crippen molar-refractivity contribution in [1.29, 1.82) is 0 Å². The third-order valence-corrected chi connectivity index (χ3v) is 5.48. The second kappa shape index (κ2) is 7.56. The van der Waals surface area contributed by atoms with Crippen LogP contribution in [-0.2, 0) is 11.2 Å². The number of allylic oxidation sites excluding steroid dienone is 2. The Hall–Kier alpha value is -3.21. The molecule has 0 saturated heterocycles. The number of carbonyl (C=O) groups is 1. The lowest BCUT2D eigenvalue weighted by molar-refractivity contribution is -0.116. The topological polar surface area (TPSA) is 72.3 Å². The summed E-state index contributed by atoms with van der Waals surface area (Å²) in [6, 6.07) is 11.5. The highest BCUT2D eigenvalue weighted by Gasteiger charge is 2.34. The van der Waals surface area contributed by atoms with Crippen molar-refractivity contribution in [3.63, 3.8) is 0 Å². The Labute approximate surface area is 176 Å². The number of ketones is 1. The summed E-state index contributed by atoms with van der Waals surface area (Å²) in [5, 5.41) is 10.7. The number of aliphatic hydroxyl groups excluding tert-OH is 1. The van der Waals surface area contributed by atoms with Crippen LogP contribution in [0.25, 0.3) is 16.6 Å². The normalized spacial score (nSPS) is 16.2. The van der Waals surface area contributed by atoms with Gasteiger partial charge in [-0.3, -0.25) is 4.79 Å². The zero-order valence-corrected chi connectivity index (χ0v) is 17.8. The maximum Gasteiger partial charge on any atom is 0.238 e. The average Bonchev–Trinajstić information content (AvgIpc) is 2.67. The molecular formula is C25H26N2O3. The molecule has 154 valence electrons. The summed E-state index contributed by atoms with van der Waals surface area (Å²) >= 11 is 0. The number of hydrogen-bond donors (Lipinski definition) is 1. The highest BCUT2D eigenvalue weighted by atomic mass is 16.5. The molecule has 5 nitrogen and oxygen atoms in total. The lowest BCUT2D eigenvalue weighted by Gasteiger charge is -2.30. The molecule has 0 radical (unpaired) electrons. The van der Waals surface area contributed by atoms with Gasteiger partial charge < -0.3 is 9.84 Å². The predicted octanol–water partition coefficient (Wildman–Crippen LogP) is 5.95. The fourth-order valence-corrected chi connectivity index (χ4v) is 4.03. The first-order valence-corrected chi connectivity index (χ1v) is 10.3. The molecule has 4 rings (SSSR count). The van der Waals surface area contributed by atoms with E-state index in [-0.39, 0.29) is 17.0 Å². The molecule has 0 unspecified atom stereocenters. The number of fused-ring (bicyclic) bond motifs is 1. The Kier molecular flexibility index (Phi) is 5.06. The molecule has 1 N–H and O–H groups in total. The number of hydrogen-bond acceptors (Lipinski definition) is 5. The molecule has 5 heteroatoms. The van der Waals surface area contributed by atoms with E-state index in [4.69, 9.17) is 4.74 Å². The van der Waals surface area contributed by atoms with Crippen molar-refractivity contribution < 1.29 is 14.6 Å². The summed E-state index contributed by atoms with van der Waals surface area (Å²) in [6.07, 6.45) is 3.24. The Morgan fingerprint density at radius 2 is 1.90 bits per heavy atom. The molecule has 0 spiro atoms. The first-order chi connectivity index (χ1) is 14.3. The lowest BCUT2D eigenvalue weighted by Crippen LogP contribution is -2.25. The van der Waals surface area contributed by atoms with Gasteiger partial charge in [0.2, 0.25) is 5.88 Å². The molecule has 1 heterocycles. The van der Waals surface area contributed by atoms with Gasteiger partial charge in [-0.25, -0.2) is 9.97 Å². The van der Waals surface area contributed by atoms with Crippen LogP contribution in [0.5, 0.6) is 11.6 Å². The number of Topliss-reactive ketones (excluding diaryl/α,β-unsaturated/α-hetero) is 1. The molecule has 0 bridgehead atoms. The van der Waals surface area contributed by atoms with E-state index in [0.717, 1.165) is 34.1 Å². The first kappa shape index (κ1) is 20.1. The average molecular weight is 402 g/mol. The number of ether oxygens (including phenoxy) is 1. The third-order valence-electron chi connectivity index (χ3n) is 5.48. The predicted molar refractivity (Wildman–Crippen MR) is 118 cm³/mol. The van der Waals surface area contributed by atoms with Crippen LogP contribution >= 0.6 is 0 Å². The Morgan fingerprint density at radius 3 is 2.63 bits per heavy atom. The number of aryl methyl sites for hydroxylation is 2. The standard InChI is InChI=1S/C25H26N2O3/c1-5-16-7-8-17(11-18(16)24-21(28)12-25(3,4)13-22(24)29)30-23-14-26-20-10-15(2)6-9-19(20)27-23/h6-11,14,28H,5,12-13H2,1-4H3. The molecule has 0 aliphatic heterocycles. The van der Waals surface area contributed by atoms with Gasteiger partial charge in [-0.05, 0) is 59.7 Å². The van der Waals surface area contributed by atoms with Gasteiger partial charge in [-0.1, -0.05) is 32.9 Å². The van der Waals surface area contributed by atoms with Crippen LogP contribution in [0, 0.1) is 12.3 Å². The number of aromatic nitrogens is 2. The van der Waals surface area contributed by atoms with Gasteiger partial charge in [0.25, 0.3) is 0 Å². The van der Waals surface area contributed by atoms with Gasteiger partial charge in [0.1, 0.15) is 11.5 Å². The fourth-order valence-electron chi connectivity index (χ4n) is 4.03. The highest BCUT2D eigenvalue weighted by Crippen LogP contribution is 2.41. The minimum absolute atomic E-state index is 0.0310. The molecule has 2 aromatic carbocycles. The molecule has 0 saturated carbocycles. The van der Waals surface area contributed by atoms with Crippen LogP contribution in [0.3, 0.4) is 0 Å². The molecule has 30 heavy (non-hydrogen) atoms. The summed E-state index contributed by atoms with van der Waals surface area (Å²) in [5.41, 5.74) is 4.61. The van der Waals surface area contributed by atoms with E-state index in [1.807, 2.05) is 64.1 Å². The molecule has 0 atom stereocenters. The maximum absolute atomic E-state index is 12.9. The SMILES string of the molecule is CCc1ccc(Oc2cnc3cc(C)ccc3n2)cc1C1=C(O)CC(C)(C)CC1=O. The minimum atomic E-state index is -0.232. The van der Waals surface area contributed by atoms with Crippen molar-refractivity contribution in [3.8, 4) is 11.6 Å². The van der Waals surface area contributed by atoms with Crippen molar-refractivity contribution in [3.05, 3.63) is 65.0 Å². The summed E-state index contributed by atoms with van der Waals surface area (Å²) in [5.74, 6) is 1.07. The summed E-state index contributed by atoms with van der Waals surface area (Å²) in [4.78, 5) is 21.8. The minimum Gasteiger partial charge on any atom is -0.512 e. The molecular weight excluding hydrogens is 376 g/mol. The maximum atomic E-state index is 12.9. The van der Waals surface area contributed by atoms with Crippen molar-refractivity contribution in [2.45, 2.75) is 47.0 Å². The largest absolute Gasteiger partial charge is 0.512 e. The van der Waals surface area contributed by atoms with E-state index in [0.29, 0.717) is 30.0 Å².